The van der Waals surface area contributed by atoms with Crippen LogP contribution in [-0.4, -0.2) is 43.8 Å². The van der Waals surface area contributed by atoms with Crippen molar-refractivity contribution in [3.8, 4) is 0 Å². The van der Waals surface area contributed by atoms with Crippen LogP contribution in [0.25, 0.3) is 0 Å². The number of alkyl halides is 3. The summed E-state index contributed by atoms with van der Waals surface area (Å²) in [4.78, 5) is 12.6. The summed E-state index contributed by atoms with van der Waals surface area (Å²) in [5.74, 6) is -1.23. The van der Waals surface area contributed by atoms with E-state index in [-0.39, 0.29) is 39.9 Å². The van der Waals surface area contributed by atoms with Gasteiger partial charge in [0.25, 0.3) is 9.84 Å². The van der Waals surface area contributed by atoms with E-state index in [1.165, 1.54) is 6.07 Å². The lowest BCUT2D eigenvalue weighted by molar-refractivity contribution is -0.139. The third-order valence-electron chi connectivity index (χ3n) is 6.58. The number of carbonyl (C=O) groups excluding carboxylic acids is 1. The average Bonchev–Trinajstić information content (AvgIpc) is 3.21. The molecule has 4 atom stereocenters. The molecule has 1 aliphatic heterocycles. The van der Waals surface area contributed by atoms with E-state index < -0.39 is 23.8 Å². The summed E-state index contributed by atoms with van der Waals surface area (Å²) in [6, 6.07) is 3.11. The predicted molar refractivity (Wildman–Crippen MR) is 111 cm³/mol. The largest absolute Gasteiger partial charge is 0.398 e. The molecule has 0 aromatic heterocycles. The van der Waals surface area contributed by atoms with E-state index in [0.29, 0.717) is 35.7 Å². The van der Waals surface area contributed by atoms with E-state index in [0.717, 1.165) is 25.0 Å². The number of benzene rings is 1. The van der Waals surface area contributed by atoms with Crippen LogP contribution in [0, 0.1) is 23.6 Å². The lowest BCUT2D eigenvalue weighted by Gasteiger charge is -2.45. The summed E-state index contributed by atoms with van der Waals surface area (Å²) in [5.41, 5.74) is 0.253. The van der Waals surface area contributed by atoms with Gasteiger partial charge in [-0.2, -0.15) is 8.78 Å². The van der Waals surface area contributed by atoms with Crippen molar-refractivity contribution in [3.63, 3.8) is 0 Å². The molecule has 1 aromatic rings. The number of allylic oxidation sites excluding steroid dienone is 1. The maximum atomic E-state index is 14.2. The molecule has 158 valence electrons. The third-order valence-corrected chi connectivity index (χ3v) is 9.82. The van der Waals surface area contributed by atoms with E-state index in [1.807, 2.05) is 7.05 Å². The Labute approximate surface area is 181 Å². The van der Waals surface area contributed by atoms with Crippen LogP contribution in [0.5, 0.6) is 0 Å². The quantitative estimate of drug-likeness (QED) is 0.269. The molecule has 1 heterocycles. The Bertz CT molecular complexity index is 989. The first kappa shape index (κ1) is 21.3. The van der Waals surface area contributed by atoms with Gasteiger partial charge in [-0.1, -0.05) is 12.2 Å². The molecular weight excluding hydrogens is 520 g/mol. The van der Waals surface area contributed by atoms with Gasteiger partial charge in [0.2, 0.25) is 0 Å². The van der Waals surface area contributed by atoms with Gasteiger partial charge in [0, 0.05) is 47.2 Å². The smallest absolute Gasteiger partial charge is 0.315 e. The van der Waals surface area contributed by atoms with E-state index in [9.17, 15) is 26.4 Å². The monoisotopic (exact) mass is 541 g/mol. The highest BCUT2D eigenvalue weighted by molar-refractivity contribution is 14.1. The topological polar surface area (TPSA) is 63.2 Å². The van der Waals surface area contributed by atoms with E-state index in [2.05, 4.69) is 17.5 Å². The van der Waals surface area contributed by atoms with Gasteiger partial charge in [-0.3, -0.25) is 0 Å². The van der Waals surface area contributed by atoms with Crippen molar-refractivity contribution in [2.24, 2.45) is 17.8 Å². The summed E-state index contributed by atoms with van der Waals surface area (Å²) in [5, 5.41) is 3.22. The number of amides is 1. The molecular formula is C19H21F3IN2O3S+. The number of nitrogens with zero attached hydrogens (tertiary/aromatic N) is 1. The highest BCUT2D eigenvalue weighted by Gasteiger charge is 2.57. The SMILES string of the molecule is CN[C@H]1[C@@H](C(=O)[N+]2(c3ccc(F)c(S(=O)(=O)C(F)(F)I)c3)CCC2)[C@@H]2C=C[C@H]1C2. The van der Waals surface area contributed by atoms with Crippen molar-refractivity contribution in [1.29, 1.82) is 0 Å². The molecule has 10 heteroatoms. The molecule has 2 aliphatic carbocycles. The second-order valence-corrected chi connectivity index (χ2v) is 12.0. The van der Waals surface area contributed by atoms with Crippen molar-refractivity contribution in [2.45, 2.75) is 27.0 Å². The number of rotatable bonds is 5. The first-order chi connectivity index (χ1) is 13.5. The first-order valence-corrected chi connectivity index (χ1v) is 12.0. The molecule has 0 unspecified atom stereocenters. The van der Waals surface area contributed by atoms with Gasteiger partial charge in [-0.05, 0) is 31.4 Å². The van der Waals surface area contributed by atoms with Gasteiger partial charge in [-0.25, -0.2) is 22.1 Å². The van der Waals surface area contributed by atoms with Crippen molar-refractivity contribution >= 4 is 44.0 Å². The van der Waals surface area contributed by atoms with E-state index >= 15 is 0 Å². The summed E-state index contributed by atoms with van der Waals surface area (Å²) < 4.78 is 61.6. The van der Waals surface area contributed by atoms with Gasteiger partial charge >= 0.3 is 9.17 Å². The third kappa shape index (κ3) is 3.09. The van der Waals surface area contributed by atoms with Gasteiger partial charge in [0.1, 0.15) is 16.4 Å². The molecule has 29 heavy (non-hydrogen) atoms. The molecule has 1 aromatic carbocycles. The molecule has 3 aliphatic rings. The lowest BCUT2D eigenvalue weighted by Crippen LogP contribution is -2.67. The molecule has 2 fully saturated rings. The molecule has 1 saturated heterocycles. The molecule has 1 amide bonds. The zero-order valence-electron chi connectivity index (χ0n) is 15.6. The zero-order valence-corrected chi connectivity index (χ0v) is 18.6. The number of fused-ring (bicyclic) bond motifs is 2. The van der Waals surface area contributed by atoms with Crippen LogP contribution < -0.4 is 9.80 Å². The molecule has 0 radical (unpaired) electrons. The predicted octanol–water partition coefficient (Wildman–Crippen LogP) is 3.23. The standard InChI is InChI=1S/C19H21F3IN2O3S/c1-24-17-12-4-3-11(9-12)16(17)18(26)25(7-2-8-25)13-5-6-14(20)15(10-13)29(27,28)19(21,22)23/h3-6,10-12,16-17,24H,2,7-9H2,1H3/q+1/t11-,12+,16+,17-/m1/s1. The van der Waals surface area contributed by atoms with Crippen LogP contribution in [-0.2, 0) is 14.6 Å². The normalized spacial score (nSPS) is 30.4. The van der Waals surface area contributed by atoms with Gasteiger partial charge < -0.3 is 5.32 Å². The number of hydrogen-bond donors (Lipinski definition) is 1. The second kappa shape index (κ2) is 7.03. The van der Waals surface area contributed by atoms with Crippen LogP contribution in [0.15, 0.2) is 35.2 Å². The van der Waals surface area contributed by atoms with Gasteiger partial charge in [0.15, 0.2) is 0 Å². The average molecular weight is 541 g/mol. The molecule has 1 saturated carbocycles. The van der Waals surface area contributed by atoms with Crippen LogP contribution >= 0.6 is 22.6 Å². The highest BCUT2D eigenvalue weighted by atomic mass is 127. The Hall–Kier alpha value is -0.980. The summed E-state index contributed by atoms with van der Waals surface area (Å²) in [6.07, 6.45) is 5.79. The summed E-state index contributed by atoms with van der Waals surface area (Å²) >= 11 is 0.484. The van der Waals surface area contributed by atoms with Gasteiger partial charge in [0.05, 0.1) is 19.0 Å². The second-order valence-electron chi connectivity index (χ2n) is 7.96. The number of carbonyl (C=O) groups is 1. The van der Waals surface area contributed by atoms with Crippen molar-refractivity contribution < 1.29 is 26.4 Å². The molecule has 2 bridgehead atoms. The van der Waals surface area contributed by atoms with Crippen molar-refractivity contribution in [2.75, 3.05) is 20.1 Å². The summed E-state index contributed by atoms with van der Waals surface area (Å²) in [7, 11) is -3.40. The Kier molecular flexibility index (Phi) is 5.15. The minimum Gasteiger partial charge on any atom is -0.315 e. The Morgan fingerprint density at radius 1 is 1.24 bits per heavy atom. The Morgan fingerprint density at radius 2 is 1.90 bits per heavy atom. The number of nitrogens with one attached hydrogen (secondary N) is 1. The van der Waals surface area contributed by atoms with Gasteiger partial charge in [-0.15, -0.1) is 0 Å². The number of likely N-dealkylation sites (tertiary alicyclic amines) is 1. The van der Waals surface area contributed by atoms with Crippen molar-refractivity contribution in [3.05, 3.63) is 36.2 Å². The molecule has 4 rings (SSSR count). The maximum Gasteiger partial charge on any atom is 0.398 e. The Morgan fingerprint density at radius 3 is 2.45 bits per heavy atom. The Balaban J connectivity index is 1.76. The number of quaternary nitrogens is 1. The van der Waals surface area contributed by atoms with E-state index in [4.69, 9.17) is 0 Å². The minimum atomic E-state index is -5.21. The van der Waals surface area contributed by atoms with Crippen LogP contribution in [0.3, 0.4) is 0 Å². The summed E-state index contributed by atoms with van der Waals surface area (Å²) in [6.45, 7) is 0.886. The number of halogens is 4. The van der Waals surface area contributed by atoms with Crippen LogP contribution in [0.4, 0.5) is 18.9 Å². The van der Waals surface area contributed by atoms with Crippen LogP contribution in [0.1, 0.15) is 12.8 Å². The van der Waals surface area contributed by atoms with Crippen molar-refractivity contribution in [1.82, 2.24) is 9.80 Å². The van der Waals surface area contributed by atoms with Crippen LogP contribution in [0.2, 0.25) is 0 Å². The fourth-order valence-corrected chi connectivity index (χ4v) is 6.57. The molecule has 1 N–H and O–H groups in total. The van der Waals surface area contributed by atoms with E-state index in [1.54, 1.807) is 0 Å². The lowest BCUT2D eigenvalue weighted by atomic mass is 9.85. The highest BCUT2D eigenvalue weighted by Crippen LogP contribution is 2.47. The minimum absolute atomic E-state index is 0.0181. The molecule has 0 spiro atoms. The number of sulfone groups is 1. The fraction of sp³-hybridized carbons (Fsp3) is 0.526. The zero-order chi connectivity index (χ0) is 21.2. The maximum absolute atomic E-state index is 14.2. The molecule has 5 nitrogen and oxygen atoms in total. The number of hydrogen-bond acceptors (Lipinski definition) is 4. The first-order valence-electron chi connectivity index (χ1n) is 9.41. The fourth-order valence-electron chi connectivity index (χ4n) is 5.01.